The molecule has 3 rings (SSSR count). The maximum Gasteiger partial charge on any atom is 0.251 e. The summed E-state index contributed by atoms with van der Waals surface area (Å²) in [5, 5.41) is 6.40. The number of carbonyl (C=O) groups is 1. The number of ether oxygens (including phenoxy) is 3. The van der Waals surface area contributed by atoms with Crippen molar-refractivity contribution in [3.8, 4) is 11.5 Å². The Bertz CT molecular complexity index is 588. The topological polar surface area (TPSA) is 68.8 Å². The highest BCUT2D eigenvalue weighted by molar-refractivity contribution is 9.10. The summed E-state index contributed by atoms with van der Waals surface area (Å²) in [4.78, 5) is 12.5. The number of halogens is 2. The first-order chi connectivity index (χ1) is 11.1. The van der Waals surface area contributed by atoms with Crippen LogP contribution in [0.1, 0.15) is 23.2 Å². The van der Waals surface area contributed by atoms with E-state index in [-0.39, 0.29) is 30.5 Å². The molecular weight excluding hydrogens is 400 g/mol. The fraction of sp³-hybridized carbons (Fsp3) is 0.562. The third-order valence-electron chi connectivity index (χ3n) is 4.43. The Morgan fingerprint density at radius 2 is 2.12 bits per heavy atom. The van der Waals surface area contributed by atoms with Gasteiger partial charge in [-0.3, -0.25) is 4.79 Å². The Kier molecular flexibility index (Phi) is 6.74. The number of methoxy groups -OCH3 is 1. The van der Waals surface area contributed by atoms with Crippen molar-refractivity contribution in [1.82, 2.24) is 10.6 Å². The van der Waals surface area contributed by atoms with Crippen molar-refractivity contribution >= 4 is 34.2 Å². The molecule has 1 aromatic carbocycles. The normalized spacial score (nSPS) is 17.9. The average Bonchev–Trinajstić information content (AvgIpc) is 3.03. The number of fused-ring (bicyclic) bond motifs is 1. The van der Waals surface area contributed by atoms with Gasteiger partial charge in [-0.2, -0.15) is 0 Å². The molecule has 2 aliphatic heterocycles. The first-order valence-corrected chi connectivity index (χ1v) is 8.50. The fourth-order valence-corrected chi connectivity index (χ4v) is 3.66. The summed E-state index contributed by atoms with van der Waals surface area (Å²) in [5.41, 5.74) is 0.561. The molecule has 1 aromatic rings. The van der Waals surface area contributed by atoms with Crippen molar-refractivity contribution in [2.45, 2.75) is 12.8 Å². The summed E-state index contributed by atoms with van der Waals surface area (Å²) in [6.07, 6.45) is 1.98. The van der Waals surface area contributed by atoms with E-state index in [0.717, 1.165) is 30.4 Å². The van der Waals surface area contributed by atoms with Gasteiger partial charge >= 0.3 is 0 Å². The van der Waals surface area contributed by atoms with E-state index in [2.05, 4.69) is 26.6 Å². The van der Waals surface area contributed by atoms with E-state index in [1.165, 1.54) is 0 Å². The zero-order chi connectivity index (χ0) is 16.3. The molecule has 1 fully saturated rings. The van der Waals surface area contributed by atoms with Gasteiger partial charge in [-0.05, 0) is 54.0 Å². The summed E-state index contributed by atoms with van der Waals surface area (Å²) >= 11 is 3.42. The second-order valence-electron chi connectivity index (χ2n) is 6.06. The van der Waals surface area contributed by atoms with E-state index in [4.69, 9.17) is 14.2 Å². The van der Waals surface area contributed by atoms with Crippen molar-refractivity contribution < 1.29 is 19.0 Å². The molecule has 6 nitrogen and oxygen atoms in total. The standard InChI is InChI=1S/C16H21BrN2O4.ClH/c1-21-9-16(2-4-18-5-3-16)8-19-15(20)11-6-12(17)14-13(7-11)22-10-23-14;/h6-7,18H,2-5,8-10H2,1H3,(H,19,20);1H. The molecule has 134 valence electrons. The van der Waals surface area contributed by atoms with Gasteiger partial charge < -0.3 is 24.8 Å². The van der Waals surface area contributed by atoms with E-state index in [9.17, 15) is 4.79 Å². The van der Waals surface area contributed by atoms with Gasteiger partial charge in [0.1, 0.15) is 0 Å². The van der Waals surface area contributed by atoms with Gasteiger partial charge in [0.2, 0.25) is 6.79 Å². The van der Waals surface area contributed by atoms with Crippen molar-refractivity contribution in [1.29, 1.82) is 0 Å². The highest BCUT2D eigenvalue weighted by Crippen LogP contribution is 2.40. The van der Waals surface area contributed by atoms with E-state index >= 15 is 0 Å². The molecule has 0 atom stereocenters. The largest absolute Gasteiger partial charge is 0.454 e. The number of carbonyl (C=O) groups excluding carboxylic acids is 1. The van der Waals surface area contributed by atoms with Crippen LogP contribution in [0.15, 0.2) is 16.6 Å². The van der Waals surface area contributed by atoms with E-state index in [1.54, 1.807) is 19.2 Å². The molecule has 2 heterocycles. The van der Waals surface area contributed by atoms with Crippen LogP contribution in [0.4, 0.5) is 0 Å². The number of nitrogens with one attached hydrogen (secondary N) is 2. The monoisotopic (exact) mass is 420 g/mol. The third kappa shape index (κ3) is 4.14. The molecule has 24 heavy (non-hydrogen) atoms. The van der Waals surface area contributed by atoms with Gasteiger partial charge in [0.05, 0.1) is 11.1 Å². The Hall–Kier alpha value is -1.02. The van der Waals surface area contributed by atoms with Gasteiger partial charge in [0.25, 0.3) is 5.91 Å². The Balaban J connectivity index is 0.00000208. The maximum absolute atomic E-state index is 12.5. The van der Waals surface area contributed by atoms with Crippen LogP contribution in [0.3, 0.4) is 0 Å². The molecule has 2 N–H and O–H groups in total. The Morgan fingerprint density at radius 3 is 2.83 bits per heavy atom. The van der Waals surface area contributed by atoms with Crippen molar-refractivity contribution in [3.05, 3.63) is 22.2 Å². The number of rotatable bonds is 5. The second kappa shape index (κ2) is 8.38. The molecule has 8 heteroatoms. The van der Waals surface area contributed by atoms with Crippen LogP contribution in [-0.4, -0.2) is 46.1 Å². The molecule has 0 bridgehead atoms. The molecular formula is C16H22BrClN2O4. The van der Waals surface area contributed by atoms with Gasteiger partial charge in [0.15, 0.2) is 11.5 Å². The Morgan fingerprint density at radius 1 is 1.38 bits per heavy atom. The number of piperidine rings is 1. The van der Waals surface area contributed by atoms with Gasteiger partial charge in [-0.25, -0.2) is 0 Å². The van der Waals surface area contributed by atoms with Gasteiger partial charge in [-0.15, -0.1) is 12.4 Å². The molecule has 1 amide bonds. The molecule has 0 saturated carbocycles. The van der Waals surface area contributed by atoms with Crippen LogP contribution in [0.2, 0.25) is 0 Å². The van der Waals surface area contributed by atoms with E-state index in [1.807, 2.05) is 0 Å². The summed E-state index contributed by atoms with van der Waals surface area (Å²) < 4.78 is 16.8. The predicted molar refractivity (Wildman–Crippen MR) is 96.3 cm³/mol. The maximum atomic E-state index is 12.5. The molecule has 0 aliphatic carbocycles. The Labute approximate surface area is 156 Å². The number of hydrogen-bond acceptors (Lipinski definition) is 5. The molecule has 0 aromatic heterocycles. The first-order valence-electron chi connectivity index (χ1n) is 7.71. The highest BCUT2D eigenvalue weighted by Gasteiger charge is 2.32. The number of amides is 1. The number of benzene rings is 1. The van der Waals surface area contributed by atoms with Crippen LogP contribution in [0.25, 0.3) is 0 Å². The zero-order valence-electron chi connectivity index (χ0n) is 13.5. The van der Waals surface area contributed by atoms with E-state index < -0.39 is 0 Å². The van der Waals surface area contributed by atoms with Crippen LogP contribution < -0.4 is 20.1 Å². The summed E-state index contributed by atoms with van der Waals surface area (Å²) in [5.74, 6) is 1.13. The minimum Gasteiger partial charge on any atom is -0.454 e. The lowest BCUT2D eigenvalue weighted by Gasteiger charge is -2.37. The zero-order valence-corrected chi connectivity index (χ0v) is 15.9. The highest BCUT2D eigenvalue weighted by atomic mass is 79.9. The molecule has 0 radical (unpaired) electrons. The quantitative estimate of drug-likeness (QED) is 0.764. The number of hydrogen-bond donors (Lipinski definition) is 2. The molecule has 0 unspecified atom stereocenters. The molecule has 0 spiro atoms. The smallest absolute Gasteiger partial charge is 0.251 e. The van der Waals surface area contributed by atoms with Crippen molar-refractivity contribution in [3.63, 3.8) is 0 Å². The van der Waals surface area contributed by atoms with Crippen LogP contribution in [0.5, 0.6) is 11.5 Å². The van der Waals surface area contributed by atoms with Crippen molar-refractivity contribution in [2.24, 2.45) is 5.41 Å². The van der Waals surface area contributed by atoms with Crippen LogP contribution in [-0.2, 0) is 4.74 Å². The van der Waals surface area contributed by atoms with E-state index in [0.29, 0.717) is 30.2 Å². The first kappa shape index (κ1) is 19.3. The van der Waals surface area contributed by atoms with Gasteiger partial charge in [-0.1, -0.05) is 0 Å². The van der Waals surface area contributed by atoms with Crippen molar-refractivity contribution in [2.75, 3.05) is 40.1 Å². The summed E-state index contributed by atoms with van der Waals surface area (Å²) in [7, 11) is 1.71. The lowest BCUT2D eigenvalue weighted by Crippen LogP contribution is -2.47. The van der Waals surface area contributed by atoms with Crippen LogP contribution >= 0.6 is 28.3 Å². The molecule has 2 aliphatic rings. The van der Waals surface area contributed by atoms with Crippen LogP contribution in [0, 0.1) is 5.41 Å². The summed E-state index contributed by atoms with van der Waals surface area (Å²) in [6, 6.07) is 3.47. The minimum atomic E-state index is -0.113. The SMILES string of the molecule is COCC1(CNC(=O)c2cc(Br)c3c(c2)OCO3)CCNCC1.Cl. The predicted octanol–water partition coefficient (Wildman–Crippen LogP) is 2.35. The minimum absolute atomic E-state index is 0. The lowest BCUT2D eigenvalue weighted by atomic mass is 9.79. The fourth-order valence-electron chi connectivity index (χ4n) is 3.10. The lowest BCUT2D eigenvalue weighted by molar-refractivity contribution is 0.0511. The molecule has 1 saturated heterocycles. The summed E-state index contributed by atoms with van der Waals surface area (Å²) in [6.45, 7) is 3.35. The third-order valence-corrected chi connectivity index (χ3v) is 5.02. The second-order valence-corrected chi connectivity index (χ2v) is 6.91. The average molecular weight is 422 g/mol. The van der Waals surface area contributed by atoms with Gasteiger partial charge in [0, 0.05) is 24.6 Å².